The fourth-order valence-corrected chi connectivity index (χ4v) is 4.02. The van der Waals surface area contributed by atoms with Crippen LogP contribution in [0.1, 0.15) is 29.2 Å². The maximum atomic E-state index is 12.7. The van der Waals surface area contributed by atoms with Crippen molar-refractivity contribution in [2.45, 2.75) is 25.3 Å². The molecule has 4 rings (SSSR count). The Kier molecular flexibility index (Phi) is 3.42. The molecule has 2 aliphatic rings. The molecule has 2 atom stereocenters. The number of carbonyl (C=O) groups is 1. The first-order valence-electron chi connectivity index (χ1n) is 7.85. The predicted octanol–water partition coefficient (Wildman–Crippen LogP) is 4.03. The number of hydrogen-bond donors (Lipinski definition) is 0. The van der Waals surface area contributed by atoms with Crippen molar-refractivity contribution in [3.05, 3.63) is 70.2 Å². The first-order valence-corrected chi connectivity index (χ1v) is 8.23. The maximum absolute atomic E-state index is 12.7. The number of halogens is 1. The lowest BCUT2D eigenvalue weighted by molar-refractivity contribution is -0.131. The molecule has 0 aromatic heterocycles. The molecule has 1 amide bonds. The number of hydrogen-bond acceptors (Lipinski definition) is 1. The topological polar surface area (TPSA) is 20.3 Å². The maximum Gasteiger partial charge on any atom is 0.226 e. The summed E-state index contributed by atoms with van der Waals surface area (Å²) in [6.07, 6.45) is 2.72. The molecule has 1 aliphatic heterocycles. The molecule has 0 N–H and O–H groups in total. The fourth-order valence-electron chi connectivity index (χ4n) is 3.84. The Bertz CT molecular complexity index is 713. The molecule has 1 fully saturated rings. The molecule has 2 bridgehead atoms. The first kappa shape index (κ1) is 13.8. The zero-order valence-corrected chi connectivity index (χ0v) is 13.1. The Morgan fingerprint density at radius 1 is 1.14 bits per heavy atom. The highest BCUT2D eigenvalue weighted by molar-refractivity contribution is 6.30. The summed E-state index contributed by atoms with van der Waals surface area (Å²) in [4.78, 5) is 14.7. The number of fused-ring (bicyclic) bond motifs is 4. The minimum Gasteiger partial charge on any atom is -0.335 e. The van der Waals surface area contributed by atoms with E-state index in [1.807, 2.05) is 18.2 Å². The van der Waals surface area contributed by atoms with E-state index in [2.05, 4.69) is 35.2 Å². The Morgan fingerprint density at radius 3 is 2.77 bits per heavy atom. The van der Waals surface area contributed by atoms with Gasteiger partial charge in [0.1, 0.15) is 0 Å². The number of benzene rings is 2. The lowest BCUT2D eigenvalue weighted by Gasteiger charge is -2.27. The van der Waals surface area contributed by atoms with Gasteiger partial charge < -0.3 is 4.90 Å². The van der Waals surface area contributed by atoms with Crippen LogP contribution in [-0.2, 0) is 17.6 Å². The van der Waals surface area contributed by atoms with Gasteiger partial charge in [-0.2, -0.15) is 0 Å². The van der Waals surface area contributed by atoms with E-state index >= 15 is 0 Å². The molecule has 2 aromatic rings. The smallest absolute Gasteiger partial charge is 0.226 e. The van der Waals surface area contributed by atoms with E-state index in [9.17, 15) is 4.79 Å². The zero-order chi connectivity index (χ0) is 15.1. The number of nitrogens with zero attached hydrogens (tertiary/aromatic N) is 1. The second-order valence-corrected chi connectivity index (χ2v) is 6.70. The summed E-state index contributed by atoms with van der Waals surface area (Å²) in [5, 5.41) is 0.763. The summed E-state index contributed by atoms with van der Waals surface area (Å²) >= 11 is 6.17. The molecule has 1 aliphatic carbocycles. The van der Waals surface area contributed by atoms with Crippen LogP contribution < -0.4 is 0 Å². The van der Waals surface area contributed by atoms with Gasteiger partial charge in [-0.15, -0.1) is 0 Å². The van der Waals surface area contributed by atoms with E-state index in [0.29, 0.717) is 5.91 Å². The second kappa shape index (κ2) is 5.44. The zero-order valence-electron chi connectivity index (χ0n) is 12.3. The fraction of sp³-hybridized carbons (Fsp3) is 0.316. The van der Waals surface area contributed by atoms with Crippen molar-refractivity contribution in [3.63, 3.8) is 0 Å². The Labute approximate surface area is 135 Å². The number of amides is 1. The van der Waals surface area contributed by atoms with Crippen LogP contribution in [0.4, 0.5) is 0 Å². The molecule has 2 unspecified atom stereocenters. The third-order valence-electron chi connectivity index (χ3n) is 4.93. The summed E-state index contributed by atoms with van der Waals surface area (Å²) in [7, 11) is 0. The third-order valence-corrected chi connectivity index (χ3v) is 5.17. The molecule has 0 spiro atoms. The van der Waals surface area contributed by atoms with Crippen molar-refractivity contribution in [1.29, 1.82) is 0 Å². The molecule has 112 valence electrons. The standard InChI is InChI=1S/C19H18ClNO/c20-16-7-6-14-10-15-11-18(17(14)12-16)21(19(15)22)9-8-13-4-2-1-3-5-13/h1-7,12,15,18H,8-11H2. The van der Waals surface area contributed by atoms with Gasteiger partial charge in [0.05, 0.1) is 6.04 Å². The number of carbonyl (C=O) groups excluding carboxylic acids is 1. The van der Waals surface area contributed by atoms with Crippen LogP contribution >= 0.6 is 11.6 Å². The lowest BCUT2D eigenvalue weighted by Crippen LogP contribution is -2.30. The van der Waals surface area contributed by atoms with E-state index in [1.165, 1.54) is 16.7 Å². The largest absolute Gasteiger partial charge is 0.335 e. The summed E-state index contributed by atoms with van der Waals surface area (Å²) in [5.41, 5.74) is 3.83. The molecule has 2 aromatic carbocycles. The predicted molar refractivity (Wildman–Crippen MR) is 87.9 cm³/mol. The van der Waals surface area contributed by atoms with Crippen LogP contribution in [0.15, 0.2) is 48.5 Å². The van der Waals surface area contributed by atoms with Gasteiger partial charge in [0, 0.05) is 17.5 Å². The SMILES string of the molecule is O=C1C2Cc3ccc(Cl)cc3C(C2)N1CCc1ccccc1. The van der Waals surface area contributed by atoms with Gasteiger partial charge in [-0.25, -0.2) is 0 Å². The minimum atomic E-state index is 0.162. The second-order valence-electron chi connectivity index (χ2n) is 6.26. The van der Waals surface area contributed by atoms with Gasteiger partial charge >= 0.3 is 0 Å². The minimum absolute atomic E-state index is 0.162. The van der Waals surface area contributed by atoms with Gasteiger partial charge in [0.2, 0.25) is 5.91 Å². The monoisotopic (exact) mass is 311 g/mol. The highest BCUT2D eigenvalue weighted by atomic mass is 35.5. The van der Waals surface area contributed by atoms with E-state index in [1.54, 1.807) is 0 Å². The molecule has 22 heavy (non-hydrogen) atoms. The quantitative estimate of drug-likeness (QED) is 0.838. The van der Waals surface area contributed by atoms with Gasteiger partial charge in [-0.1, -0.05) is 48.0 Å². The summed E-state index contributed by atoms with van der Waals surface area (Å²) in [6.45, 7) is 0.788. The van der Waals surface area contributed by atoms with Crippen LogP contribution in [0.2, 0.25) is 5.02 Å². The molecule has 0 radical (unpaired) electrons. The summed E-state index contributed by atoms with van der Waals surface area (Å²) in [5.74, 6) is 0.475. The van der Waals surface area contributed by atoms with Crippen LogP contribution in [0.3, 0.4) is 0 Å². The average Bonchev–Trinajstić information content (AvgIpc) is 2.80. The highest BCUT2D eigenvalue weighted by Crippen LogP contribution is 2.44. The Hall–Kier alpha value is -1.80. The van der Waals surface area contributed by atoms with Crippen molar-refractivity contribution in [2.24, 2.45) is 5.92 Å². The van der Waals surface area contributed by atoms with E-state index in [0.717, 1.165) is 30.8 Å². The number of rotatable bonds is 3. The number of likely N-dealkylation sites (tertiary alicyclic amines) is 1. The normalized spacial score (nSPS) is 22.8. The van der Waals surface area contributed by atoms with Crippen LogP contribution in [0.25, 0.3) is 0 Å². The van der Waals surface area contributed by atoms with Crippen LogP contribution in [0.5, 0.6) is 0 Å². The van der Waals surface area contributed by atoms with Crippen molar-refractivity contribution >= 4 is 17.5 Å². The van der Waals surface area contributed by atoms with Crippen LogP contribution in [0, 0.1) is 5.92 Å². The molecular formula is C19H18ClNO. The van der Waals surface area contributed by atoms with Crippen molar-refractivity contribution < 1.29 is 4.79 Å². The van der Waals surface area contributed by atoms with Gasteiger partial charge in [0.15, 0.2) is 0 Å². The molecule has 3 heteroatoms. The van der Waals surface area contributed by atoms with E-state index in [-0.39, 0.29) is 12.0 Å². The molecule has 1 heterocycles. The molecule has 2 nitrogen and oxygen atoms in total. The van der Waals surface area contributed by atoms with E-state index < -0.39 is 0 Å². The van der Waals surface area contributed by atoms with Crippen molar-refractivity contribution in [3.8, 4) is 0 Å². The first-order chi connectivity index (χ1) is 10.7. The molecular weight excluding hydrogens is 294 g/mol. The Balaban J connectivity index is 1.59. The average molecular weight is 312 g/mol. The van der Waals surface area contributed by atoms with Crippen molar-refractivity contribution in [1.82, 2.24) is 4.90 Å². The summed E-state index contributed by atoms with van der Waals surface area (Å²) < 4.78 is 0. The molecule has 1 saturated heterocycles. The van der Waals surface area contributed by atoms with E-state index in [4.69, 9.17) is 11.6 Å². The van der Waals surface area contributed by atoms with Gasteiger partial charge in [-0.3, -0.25) is 4.79 Å². The van der Waals surface area contributed by atoms with Crippen molar-refractivity contribution in [2.75, 3.05) is 6.54 Å². The highest BCUT2D eigenvalue weighted by Gasteiger charge is 2.44. The summed E-state index contributed by atoms with van der Waals surface area (Å²) in [6, 6.07) is 16.7. The van der Waals surface area contributed by atoms with Crippen LogP contribution in [-0.4, -0.2) is 17.4 Å². The van der Waals surface area contributed by atoms with Gasteiger partial charge in [-0.05, 0) is 48.1 Å². The van der Waals surface area contributed by atoms with Gasteiger partial charge in [0.25, 0.3) is 0 Å². The lowest BCUT2D eigenvalue weighted by atomic mass is 9.84. The third kappa shape index (κ3) is 2.32. The molecule has 0 saturated carbocycles. The Morgan fingerprint density at radius 2 is 1.95 bits per heavy atom.